The molecule has 8 heteroatoms. The van der Waals surface area contributed by atoms with Gasteiger partial charge in [-0.25, -0.2) is 8.42 Å². The number of methoxy groups -OCH3 is 1. The summed E-state index contributed by atoms with van der Waals surface area (Å²) < 4.78 is 34.2. The van der Waals surface area contributed by atoms with Crippen LogP contribution >= 0.6 is 12.4 Å². The van der Waals surface area contributed by atoms with Crippen LogP contribution in [0.3, 0.4) is 0 Å². The largest absolute Gasteiger partial charge is 0.496 e. The van der Waals surface area contributed by atoms with E-state index in [0.29, 0.717) is 35.7 Å². The number of hydrogen-bond donors (Lipinski definition) is 1. The van der Waals surface area contributed by atoms with Crippen LogP contribution in [-0.4, -0.2) is 44.5 Å². The van der Waals surface area contributed by atoms with Crippen LogP contribution in [0.4, 0.5) is 0 Å². The molecule has 1 fully saturated rings. The molecule has 1 aromatic heterocycles. The number of halogens is 1. The van der Waals surface area contributed by atoms with Crippen molar-refractivity contribution in [2.24, 2.45) is 0 Å². The number of piperazine rings is 1. The van der Waals surface area contributed by atoms with Gasteiger partial charge in [-0.05, 0) is 23.8 Å². The Morgan fingerprint density at radius 3 is 2.61 bits per heavy atom. The molecule has 0 spiro atoms. The predicted molar refractivity (Wildman–Crippen MR) is 111 cm³/mol. The molecule has 1 unspecified atom stereocenters. The van der Waals surface area contributed by atoms with Crippen molar-refractivity contribution in [1.82, 2.24) is 14.6 Å². The summed E-state index contributed by atoms with van der Waals surface area (Å²) in [5.41, 5.74) is 0.881. The Balaban J connectivity index is 0.00000225. The molecule has 6 nitrogen and oxygen atoms in total. The van der Waals surface area contributed by atoms with Crippen molar-refractivity contribution < 1.29 is 13.2 Å². The zero-order valence-electron chi connectivity index (χ0n) is 15.4. The first kappa shape index (κ1) is 20.5. The highest BCUT2D eigenvalue weighted by molar-refractivity contribution is 7.89. The van der Waals surface area contributed by atoms with Gasteiger partial charge in [-0.15, -0.1) is 12.4 Å². The number of nitrogens with one attached hydrogen (secondary N) is 1. The SMILES string of the molecule is COc1ccc(S(=O)(=O)N2CCNCC2c2cccnc2)c2ccccc12.Cl. The van der Waals surface area contributed by atoms with E-state index < -0.39 is 10.0 Å². The molecule has 0 bridgehead atoms. The Morgan fingerprint density at radius 2 is 1.89 bits per heavy atom. The van der Waals surface area contributed by atoms with Crippen molar-refractivity contribution in [3.05, 3.63) is 66.5 Å². The molecule has 3 aromatic rings. The van der Waals surface area contributed by atoms with E-state index in [9.17, 15) is 8.42 Å². The summed E-state index contributed by atoms with van der Waals surface area (Å²) in [5, 5.41) is 4.74. The lowest BCUT2D eigenvalue weighted by molar-refractivity contribution is 0.271. The third kappa shape index (κ3) is 3.58. The van der Waals surface area contributed by atoms with Gasteiger partial charge in [0, 0.05) is 42.8 Å². The van der Waals surface area contributed by atoms with Crippen LogP contribution in [0.5, 0.6) is 5.75 Å². The quantitative estimate of drug-likeness (QED) is 0.703. The third-order valence-electron chi connectivity index (χ3n) is 4.91. The molecule has 0 amide bonds. The van der Waals surface area contributed by atoms with E-state index in [-0.39, 0.29) is 18.4 Å². The molecule has 2 aromatic carbocycles. The number of nitrogens with zero attached hydrogens (tertiary/aromatic N) is 2. The van der Waals surface area contributed by atoms with E-state index >= 15 is 0 Å². The van der Waals surface area contributed by atoms with Crippen molar-refractivity contribution in [3.8, 4) is 5.75 Å². The van der Waals surface area contributed by atoms with Gasteiger partial charge in [-0.3, -0.25) is 4.98 Å². The second-order valence-corrected chi connectivity index (χ2v) is 8.29. The van der Waals surface area contributed by atoms with Crippen molar-refractivity contribution in [1.29, 1.82) is 0 Å². The number of pyridine rings is 1. The van der Waals surface area contributed by atoms with Gasteiger partial charge in [-0.2, -0.15) is 4.31 Å². The van der Waals surface area contributed by atoms with E-state index in [4.69, 9.17) is 4.74 Å². The van der Waals surface area contributed by atoms with Gasteiger partial charge in [0.2, 0.25) is 10.0 Å². The molecule has 1 atom stereocenters. The second-order valence-electron chi connectivity index (χ2n) is 6.43. The summed E-state index contributed by atoms with van der Waals surface area (Å²) in [7, 11) is -2.11. The van der Waals surface area contributed by atoms with Crippen LogP contribution in [-0.2, 0) is 10.0 Å². The Hall–Kier alpha value is -2.19. The molecule has 148 valence electrons. The molecular formula is C20H22ClN3O3S. The minimum absolute atomic E-state index is 0. The van der Waals surface area contributed by atoms with E-state index in [2.05, 4.69) is 10.3 Å². The van der Waals surface area contributed by atoms with Gasteiger partial charge in [-0.1, -0.05) is 30.3 Å². The van der Waals surface area contributed by atoms with Crippen LogP contribution in [0, 0.1) is 0 Å². The summed E-state index contributed by atoms with van der Waals surface area (Å²) in [6, 6.07) is 14.2. The van der Waals surface area contributed by atoms with E-state index in [1.807, 2.05) is 36.4 Å². The lowest BCUT2D eigenvalue weighted by Crippen LogP contribution is -2.48. The second kappa shape index (κ2) is 8.45. The smallest absolute Gasteiger partial charge is 0.244 e. The summed E-state index contributed by atoms with van der Waals surface area (Å²) in [6.45, 7) is 1.57. The fraction of sp³-hybridized carbons (Fsp3) is 0.250. The summed E-state index contributed by atoms with van der Waals surface area (Å²) in [4.78, 5) is 4.46. The van der Waals surface area contributed by atoms with Gasteiger partial charge in [0.15, 0.2) is 0 Å². The van der Waals surface area contributed by atoms with Gasteiger partial charge >= 0.3 is 0 Å². The Kier molecular flexibility index (Phi) is 6.20. The Bertz CT molecular complexity index is 1060. The van der Waals surface area contributed by atoms with Crippen molar-refractivity contribution in [2.45, 2.75) is 10.9 Å². The third-order valence-corrected chi connectivity index (χ3v) is 6.88. The first-order valence-electron chi connectivity index (χ1n) is 8.81. The van der Waals surface area contributed by atoms with Crippen molar-refractivity contribution in [2.75, 3.05) is 26.7 Å². The standard InChI is InChI=1S/C20H21N3O3S.ClH/c1-26-19-8-9-20(17-7-3-2-6-16(17)19)27(24,25)23-12-11-22-14-18(23)15-5-4-10-21-13-15;/h2-10,13,18,22H,11-12,14H2,1H3;1H. The maximum Gasteiger partial charge on any atom is 0.244 e. The van der Waals surface area contributed by atoms with Crippen LogP contribution < -0.4 is 10.1 Å². The van der Waals surface area contributed by atoms with Gasteiger partial charge < -0.3 is 10.1 Å². The van der Waals surface area contributed by atoms with Gasteiger partial charge in [0.1, 0.15) is 5.75 Å². The first-order chi connectivity index (χ1) is 13.1. The van der Waals surface area contributed by atoms with Gasteiger partial charge in [0.05, 0.1) is 18.0 Å². The van der Waals surface area contributed by atoms with Gasteiger partial charge in [0.25, 0.3) is 0 Å². The highest BCUT2D eigenvalue weighted by atomic mass is 35.5. The highest BCUT2D eigenvalue weighted by Gasteiger charge is 2.35. The normalized spacial score (nSPS) is 17.8. The molecular weight excluding hydrogens is 398 g/mol. The molecule has 2 heterocycles. The summed E-state index contributed by atoms with van der Waals surface area (Å²) in [5.74, 6) is 0.661. The number of fused-ring (bicyclic) bond motifs is 1. The van der Waals surface area contributed by atoms with E-state index in [0.717, 1.165) is 10.9 Å². The number of aromatic nitrogens is 1. The molecule has 1 saturated heterocycles. The fourth-order valence-electron chi connectivity index (χ4n) is 3.60. The predicted octanol–water partition coefficient (Wildman–Crippen LogP) is 3.00. The lowest BCUT2D eigenvalue weighted by atomic mass is 10.1. The number of ether oxygens (including phenoxy) is 1. The zero-order valence-corrected chi connectivity index (χ0v) is 17.0. The van der Waals surface area contributed by atoms with E-state index in [1.54, 1.807) is 35.9 Å². The first-order valence-corrected chi connectivity index (χ1v) is 10.2. The molecule has 28 heavy (non-hydrogen) atoms. The van der Waals surface area contributed by atoms with Crippen molar-refractivity contribution >= 4 is 33.2 Å². The maximum atomic E-state index is 13.6. The maximum absolute atomic E-state index is 13.6. The fourth-order valence-corrected chi connectivity index (χ4v) is 5.42. The molecule has 1 N–H and O–H groups in total. The number of rotatable bonds is 4. The van der Waals surface area contributed by atoms with Crippen LogP contribution in [0.15, 0.2) is 65.8 Å². The topological polar surface area (TPSA) is 71.5 Å². The van der Waals surface area contributed by atoms with Crippen LogP contribution in [0.1, 0.15) is 11.6 Å². The Morgan fingerprint density at radius 1 is 1.11 bits per heavy atom. The molecule has 0 saturated carbocycles. The van der Waals surface area contributed by atoms with Crippen LogP contribution in [0.2, 0.25) is 0 Å². The molecule has 0 radical (unpaired) electrons. The number of benzene rings is 2. The average Bonchev–Trinajstić information content (AvgIpc) is 2.73. The van der Waals surface area contributed by atoms with Crippen LogP contribution in [0.25, 0.3) is 10.8 Å². The summed E-state index contributed by atoms with van der Waals surface area (Å²) in [6.07, 6.45) is 3.42. The number of hydrogen-bond acceptors (Lipinski definition) is 5. The minimum Gasteiger partial charge on any atom is -0.496 e. The number of sulfonamides is 1. The van der Waals surface area contributed by atoms with E-state index in [1.165, 1.54) is 0 Å². The Labute approximate surface area is 171 Å². The highest BCUT2D eigenvalue weighted by Crippen LogP contribution is 2.35. The zero-order chi connectivity index (χ0) is 18.9. The minimum atomic E-state index is -3.70. The average molecular weight is 420 g/mol. The lowest BCUT2D eigenvalue weighted by Gasteiger charge is -2.35. The van der Waals surface area contributed by atoms with Crippen molar-refractivity contribution in [3.63, 3.8) is 0 Å². The molecule has 0 aliphatic carbocycles. The molecule has 1 aliphatic rings. The molecule has 4 rings (SSSR count). The monoisotopic (exact) mass is 419 g/mol. The summed E-state index contributed by atoms with van der Waals surface area (Å²) >= 11 is 0. The molecule has 1 aliphatic heterocycles.